The van der Waals surface area contributed by atoms with Crippen LogP contribution in [0.1, 0.15) is 89.7 Å². The van der Waals surface area contributed by atoms with E-state index in [1.165, 1.54) is 61.4 Å². The number of nitrogens with one attached hydrogen (secondary N) is 2. The van der Waals surface area contributed by atoms with Crippen LogP contribution < -0.4 is 15.4 Å². The Balaban J connectivity index is 1.66. The van der Waals surface area contributed by atoms with E-state index in [1.807, 2.05) is 0 Å². The lowest BCUT2D eigenvalue weighted by atomic mass is 9.98. The molecule has 4 atom stereocenters. The van der Waals surface area contributed by atoms with Gasteiger partial charge in [-0.2, -0.15) is 0 Å². The summed E-state index contributed by atoms with van der Waals surface area (Å²) in [6.07, 6.45) is -3.63. The first-order chi connectivity index (χ1) is 25.4. The van der Waals surface area contributed by atoms with E-state index in [1.54, 1.807) is 52.0 Å². The molecule has 0 aliphatic carbocycles. The van der Waals surface area contributed by atoms with Crippen molar-refractivity contribution in [1.82, 2.24) is 15.5 Å². The Labute approximate surface area is 312 Å². The molecule has 4 aromatic rings. The fourth-order valence-electron chi connectivity index (χ4n) is 5.66. The van der Waals surface area contributed by atoms with Gasteiger partial charge in [0.1, 0.15) is 28.8 Å². The van der Waals surface area contributed by atoms with Crippen LogP contribution in [0, 0.1) is 17.5 Å². The van der Waals surface area contributed by atoms with E-state index in [2.05, 4.69) is 10.6 Å². The van der Waals surface area contributed by atoms with Crippen molar-refractivity contribution < 1.29 is 47.2 Å². The van der Waals surface area contributed by atoms with E-state index in [4.69, 9.17) is 9.47 Å². The first-order valence-electron chi connectivity index (χ1n) is 17.3. The Kier molecular flexibility index (Phi) is 13.9. The van der Waals surface area contributed by atoms with Crippen LogP contribution in [0.15, 0.2) is 84.9 Å². The van der Waals surface area contributed by atoms with Crippen molar-refractivity contribution in [2.24, 2.45) is 0 Å². The highest BCUT2D eigenvalue weighted by atomic mass is 19.1. The zero-order valence-electron chi connectivity index (χ0n) is 31.0. The van der Waals surface area contributed by atoms with E-state index in [0.29, 0.717) is 22.9 Å². The molecule has 0 bridgehead atoms. The van der Waals surface area contributed by atoms with E-state index in [-0.39, 0.29) is 41.8 Å². The van der Waals surface area contributed by atoms with Crippen molar-refractivity contribution in [3.63, 3.8) is 0 Å². The fourth-order valence-corrected chi connectivity index (χ4v) is 5.66. The molecule has 0 saturated carbocycles. The molecular formula is C41H46F3N3O7. The Morgan fingerprint density at radius 2 is 1.37 bits per heavy atom. The molecule has 0 heterocycles. The van der Waals surface area contributed by atoms with Gasteiger partial charge in [-0.15, -0.1) is 0 Å². The number of hydrogen-bond donors (Lipinski definition) is 4. The predicted molar refractivity (Wildman–Crippen MR) is 196 cm³/mol. The van der Waals surface area contributed by atoms with E-state index < -0.39 is 65.3 Å². The number of aliphatic hydroxyl groups is 2. The third-order valence-corrected chi connectivity index (χ3v) is 8.41. The average Bonchev–Trinajstić information content (AvgIpc) is 3.09. The van der Waals surface area contributed by atoms with Gasteiger partial charge in [0.05, 0.1) is 37.9 Å². The summed E-state index contributed by atoms with van der Waals surface area (Å²) < 4.78 is 53.0. The monoisotopic (exact) mass is 749 g/mol. The van der Waals surface area contributed by atoms with Gasteiger partial charge in [-0.05, 0) is 118 Å². The maximum Gasteiger partial charge on any atom is 0.410 e. The van der Waals surface area contributed by atoms with Crippen LogP contribution in [-0.2, 0) is 17.7 Å². The number of benzene rings is 4. The van der Waals surface area contributed by atoms with Crippen LogP contribution in [-0.4, -0.2) is 64.4 Å². The summed E-state index contributed by atoms with van der Waals surface area (Å²) in [4.78, 5) is 42.0. The first kappa shape index (κ1) is 41.4. The number of carbonyl (C=O) groups excluding carboxylic acids is 3. The molecule has 0 spiro atoms. The lowest BCUT2D eigenvalue weighted by molar-refractivity contribution is 0.00836. The topological polar surface area (TPSA) is 137 Å². The van der Waals surface area contributed by atoms with Gasteiger partial charge in [-0.3, -0.25) is 9.59 Å². The molecule has 10 nitrogen and oxygen atoms in total. The van der Waals surface area contributed by atoms with Crippen molar-refractivity contribution in [3.8, 4) is 5.75 Å². The van der Waals surface area contributed by atoms with Gasteiger partial charge in [0.2, 0.25) is 0 Å². The lowest BCUT2D eigenvalue weighted by Gasteiger charge is -2.32. The van der Waals surface area contributed by atoms with Crippen LogP contribution in [0.4, 0.5) is 18.0 Å². The summed E-state index contributed by atoms with van der Waals surface area (Å²) in [6, 6.07) is 17.7. The van der Waals surface area contributed by atoms with Gasteiger partial charge in [0, 0.05) is 23.7 Å². The first-order valence-corrected chi connectivity index (χ1v) is 17.3. The standard InChI is InChI=1S/C41H46F3N3O7/c1-24(28-10-12-32(42)13-11-28)45-38(50)30-18-29(25(2)48)19-31(20-30)39(51)46-36(17-27-14-33(43)21-34(44)15-27)37(49)23-47(40(52)54-41(3,4)5)22-26-8-7-9-35(16-26)53-6/h7-16,18-21,24-25,36-37,48-49H,17,22-23H2,1-6H3,(H,45,50)(H,46,51)/t24?,25?,36-,37+/m0/s1. The maximum atomic E-state index is 14.3. The molecule has 2 unspecified atom stereocenters. The second-order valence-electron chi connectivity index (χ2n) is 14.1. The minimum atomic E-state index is -1.52. The number of ether oxygens (including phenoxy) is 2. The quantitative estimate of drug-likeness (QED) is 0.111. The van der Waals surface area contributed by atoms with Gasteiger partial charge < -0.3 is 35.2 Å². The molecule has 4 rings (SSSR count). The molecule has 4 aromatic carbocycles. The van der Waals surface area contributed by atoms with Crippen LogP contribution in [0.2, 0.25) is 0 Å². The summed E-state index contributed by atoms with van der Waals surface area (Å²) in [5.74, 6) is -3.00. The van der Waals surface area contributed by atoms with Gasteiger partial charge in [-0.25, -0.2) is 18.0 Å². The van der Waals surface area contributed by atoms with Crippen molar-refractivity contribution in [1.29, 1.82) is 0 Å². The molecule has 3 amide bonds. The number of carbonyl (C=O) groups is 3. The smallest absolute Gasteiger partial charge is 0.410 e. The molecule has 4 N–H and O–H groups in total. The third-order valence-electron chi connectivity index (χ3n) is 8.41. The third kappa shape index (κ3) is 12.1. The number of rotatable bonds is 14. The minimum Gasteiger partial charge on any atom is -0.497 e. The number of halogens is 3. The van der Waals surface area contributed by atoms with Gasteiger partial charge in [0.15, 0.2) is 0 Å². The summed E-state index contributed by atoms with van der Waals surface area (Å²) in [7, 11) is 1.50. The summed E-state index contributed by atoms with van der Waals surface area (Å²) in [5.41, 5.74) is 0.711. The molecule has 288 valence electrons. The van der Waals surface area contributed by atoms with Gasteiger partial charge in [-0.1, -0.05) is 24.3 Å². The maximum absolute atomic E-state index is 14.3. The predicted octanol–water partition coefficient (Wildman–Crippen LogP) is 6.80. The summed E-state index contributed by atoms with van der Waals surface area (Å²) in [5, 5.41) is 27.7. The Morgan fingerprint density at radius 1 is 0.759 bits per heavy atom. The average molecular weight is 750 g/mol. The van der Waals surface area contributed by atoms with Gasteiger partial charge >= 0.3 is 6.09 Å². The van der Waals surface area contributed by atoms with Crippen LogP contribution in [0.5, 0.6) is 5.75 Å². The molecule has 0 aliphatic rings. The van der Waals surface area contributed by atoms with E-state index >= 15 is 0 Å². The minimum absolute atomic E-state index is 0.0241. The molecule has 13 heteroatoms. The van der Waals surface area contributed by atoms with Crippen LogP contribution in [0.3, 0.4) is 0 Å². The second kappa shape index (κ2) is 18.1. The van der Waals surface area contributed by atoms with Crippen molar-refractivity contribution >= 4 is 17.9 Å². The van der Waals surface area contributed by atoms with Crippen molar-refractivity contribution in [3.05, 3.63) is 136 Å². The summed E-state index contributed by atoms with van der Waals surface area (Å²) >= 11 is 0. The van der Waals surface area contributed by atoms with Crippen molar-refractivity contribution in [2.75, 3.05) is 13.7 Å². The fraction of sp³-hybridized carbons (Fsp3) is 0.341. The molecule has 0 aliphatic heterocycles. The highest BCUT2D eigenvalue weighted by Gasteiger charge is 2.30. The summed E-state index contributed by atoms with van der Waals surface area (Å²) in [6.45, 7) is 7.82. The molecule has 54 heavy (non-hydrogen) atoms. The van der Waals surface area contributed by atoms with Crippen LogP contribution >= 0.6 is 0 Å². The Morgan fingerprint density at radius 3 is 1.94 bits per heavy atom. The SMILES string of the molecule is COc1cccc(CN(C[C@@H](O)[C@H](Cc2cc(F)cc(F)c2)NC(=O)c2cc(C(=O)NC(C)c3ccc(F)cc3)cc(C(C)O)c2)C(=O)OC(C)(C)C)c1. The number of nitrogens with zero attached hydrogens (tertiary/aromatic N) is 1. The molecule has 0 aromatic heterocycles. The molecule has 0 radical (unpaired) electrons. The largest absolute Gasteiger partial charge is 0.497 e. The Hall–Kier alpha value is -5.40. The van der Waals surface area contributed by atoms with Crippen LogP contribution in [0.25, 0.3) is 0 Å². The zero-order valence-corrected chi connectivity index (χ0v) is 31.0. The highest BCUT2D eigenvalue weighted by molar-refractivity contribution is 6.00. The highest BCUT2D eigenvalue weighted by Crippen LogP contribution is 2.22. The van der Waals surface area contributed by atoms with E-state index in [9.17, 15) is 37.8 Å². The molecule has 0 saturated heterocycles. The number of methoxy groups -OCH3 is 1. The lowest BCUT2D eigenvalue weighted by Crippen LogP contribution is -2.51. The second-order valence-corrected chi connectivity index (χ2v) is 14.1. The van der Waals surface area contributed by atoms with Crippen molar-refractivity contribution in [2.45, 2.75) is 77.5 Å². The number of hydrogen-bond acceptors (Lipinski definition) is 7. The molecular weight excluding hydrogens is 703 g/mol. The van der Waals surface area contributed by atoms with Gasteiger partial charge in [0.25, 0.3) is 11.8 Å². The molecule has 0 fully saturated rings. The normalized spacial score (nSPS) is 13.6. The Bertz CT molecular complexity index is 1910. The van der Waals surface area contributed by atoms with E-state index in [0.717, 1.165) is 12.1 Å². The number of amides is 3. The number of aliphatic hydroxyl groups excluding tert-OH is 2. The zero-order chi connectivity index (χ0) is 39.7.